The normalized spacial score (nSPS) is 21.0. The second-order valence-electron chi connectivity index (χ2n) is 3.56. The molecule has 1 atom stereocenters. The van der Waals surface area contributed by atoms with Crippen LogP contribution in [-0.4, -0.2) is 18.3 Å². The lowest BCUT2D eigenvalue weighted by atomic mass is 9.93. The van der Waals surface area contributed by atoms with E-state index in [2.05, 4.69) is 0 Å². The van der Waals surface area contributed by atoms with Crippen molar-refractivity contribution in [3.63, 3.8) is 0 Å². The summed E-state index contributed by atoms with van der Waals surface area (Å²) in [5, 5.41) is 12.6. The molecule has 1 aliphatic rings. The highest BCUT2D eigenvalue weighted by atomic mass is 35.5. The topological polar surface area (TPSA) is 29.5 Å². The Morgan fingerprint density at radius 2 is 2.21 bits per heavy atom. The first kappa shape index (κ1) is 10.4. The van der Waals surface area contributed by atoms with Crippen LogP contribution in [0, 0.1) is 5.92 Å². The average molecular weight is 233 g/mol. The number of ether oxygens (including phenoxy) is 1. The van der Waals surface area contributed by atoms with Gasteiger partial charge in [-0.25, -0.2) is 0 Å². The molecule has 1 aromatic rings. The lowest BCUT2D eigenvalue weighted by Gasteiger charge is -2.25. The lowest BCUT2D eigenvalue weighted by Crippen LogP contribution is -2.21. The third-order valence-corrected chi connectivity index (χ3v) is 3.94. The number of aliphatic hydroxyl groups is 1. The molecule has 0 aromatic carbocycles. The Morgan fingerprint density at radius 3 is 2.79 bits per heavy atom. The Hall–Kier alpha value is -0.0900. The summed E-state index contributed by atoms with van der Waals surface area (Å²) >= 11 is 7.35. The second kappa shape index (κ2) is 4.62. The molecule has 1 aromatic heterocycles. The summed E-state index contributed by atoms with van der Waals surface area (Å²) in [4.78, 5) is 0.974. The Morgan fingerprint density at radius 1 is 1.50 bits per heavy atom. The highest BCUT2D eigenvalue weighted by Gasteiger charge is 2.24. The molecule has 4 heteroatoms. The van der Waals surface area contributed by atoms with Crippen LogP contribution in [0.5, 0.6) is 0 Å². The van der Waals surface area contributed by atoms with Crippen molar-refractivity contribution in [2.75, 3.05) is 13.2 Å². The molecule has 1 N–H and O–H groups in total. The van der Waals surface area contributed by atoms with Crippen molar-refractivity contribution in [3.8, 4) is 0 Å². The van der Waals surface area contributed by atoms with Gasteiger partial charge in [0.15, 0.2) is 0 Å². The molecule has 1 fully saturated rings. The minimum absolute atomic E-state index is 0.332. The zero-order valence-corrected chi connectivity index (χ0v) is 9.35. The molecule has 2 nitrogen and oxygen atoms in total. The van der Waals surface area contributed by atoms with Gasteiger partial charge in [0.2, 0.25) is 0 Å². The van der Waals surface area contributed by atoms with Gasteiger partial charge in [0, 0.05) is 23.5 Å². The molecule has 1 aliphatic heterocycles. The monoisotopic (exact) mass is 232 g/mol. The number of thiophene rings is 1. The molecule has 1 unspecified atom stereocenters. The van der Waals surface area contributed by atoms with Crippen LogP contribution in [0.15, 0.2) is 11.4 Å². The van der Waals surface area contributed by atoms with Crippen LogP contribution >= 0.6 is 22.9 Å². The quantitative estimate of drug-likeness (QED) is 0.850. The van der Waals surface area contributed by atoms with Gasteiger partial charge in [-0.05, 0) is 24.8 Å². The standard InChI is InChI=1S/C10H13ClO2S/c11-8-5-9(14-6-8)10(12)7-1-3-13-4-2-7/h5-7,10,12H,1-4H2. The highest BCUT2D eigenvalue weighted by molar-refractivity contribution is 7.10. The number of aliphatic hydroxyl groups excluding tert-OH is 1. The predicted molar refractivity (Wildman–Crippen MR) is 57.8 cm³/mol. The fourth-order valence-corrected chi connectivity index (χ4v) is 2.91. The first-order valence-electron chi connectivity index (χ1n) is 4.77. The predicted octanol–water partition coefficient (Wildman–Crippen LogP) is 2.86. The van der Waals surface area contributed by atoms with E-state index >= 15 is 0 Å². The van der Waals surface area contributed by atoms with Crippen LogP contribution in [0.1, 0.15) is 23.8 Å². The van der Waals surface area contributed by atoms with Crippen LogP contribution in [0.2, 0.25) is 5.02 Å². The van der Waals surface area contributed by atoms with Gasteiger partial charge in [-0.15, -0.1) is 11.3 Å². The van der Waals surface area contributed by atoms with Crippen LogP contribution < -0.4 is 0 Å². The summed E-state index contributed by atoms with van der Waals surface area (Å²) in [5.74, 6) is 0.332. The Balaban J connectivity index is 2.03. The van der Waals surface area contributed by atoms with E-state index in [9.17, 15) is 5.11 Å². The maximum absolute atomic E-state index is 10.1. The molecule has 0 radical (unpaired) electrons. The SMILES string of the molecule is OC(c1cc(Cl)cs1)C1CCOCC1. The molecule has 0 saturated carbocycles. The number of hydrogen-bond acceptors (Lipinski definition) is 3. The molecule has 2 rings (SSSR count). The van der Waals surface area contributed by atoms with Crippen LogP contribution in [-0.2, 0) is 4.74 Å². The number of halogens is 1. The van der Waals surface area contributed by atoms with E-state index < -0.39 is 0 Å². The van der Waals surface area contributed by atoms with E-state index in [1.54, 1.807) is 0 Å². The molecular weight excluding hydrogens is 220 g/mol. The summed E-state index contributed by atoms with van der Waals surface area (Å²) < 4.78 is 5.26. The maximum Gasteiger partial charge on any atom is 0.0912 e. The molecule has 78 valence electrons. The van der Waals surface area contributed by atoms with Crippen molar-refractivity contribution in [2.45, 2.75) is 18.9 Å². The van der Waals surface area contributed by atoms with Gasteiger partial charge in [0.25, 0.3) is 0 Å². The molecule has 0 aliphatic carbocycles. The van der Waals surface area contributed by atoms with Crippen molar-refractivity contribution >= 4 is 22.9 Å². The average Bonchev–Trinajstić information content (AvgIpc) is 2.65. The van der Waals surface area contributed by atoms with Crippen molar-refractivity contribution in [1.29, 1.82) is 0 Å². The molecule has 1 saturated heterocycles. The first-order chi connectivity index (χ1) is 6.77. The van der Waals surface area contributed by atoms with Crippen molar-refractivity contribution in [3.05, 3.63) is 21.3 Å². The molecule has 0 bridgehead atoms. The van der Waals surface area contributed by atoms with Gasteiger partial charge in [-0.3, -0.25) is 0 Å². The summed E-state index contributed by atoms with van der Waals surface area (Å²) in [6.45, 7) is 1.53. The summed E-state index contributed by atoms with van der Waals surface area (Å²) in [6, 6.07) is 1.85. The van der Waals surface area contributed by atoms with E-state index in [-0.39, 0.29) is 6.10 Å². The van der Waals surface area contributed by atoms with E-state index in [1.165, 1.54) is 11.3 Å². The Bertz CT molecular complexity index is 294. The Kier molecular flexibility index (Phi) is 3.44. The minimum atomic E-state index is -0.364. The largest absolute Gasteiger partial charge is 0.387 e. The Labute approximate surface area is 92.5 Å². The molecule has 14 heavy (non-hydrogen) atoms. The number of rotatable bonds is 2. The van der Waals surface area contributed by atoms with E-state index in [0.29, 0.717) is 5.92 Å². The zero-order chi connectivity index (χ0) is 9.97. The van der Waals surface area contributed by atoms with Crippen LogP contribution in [0.25, 0.3) is 0 Å². The van der Waals surface area contributed by atoms with Crippen molar-refractivity contribution < 1.29 is 9.84 Å². The van der Waals surface area contributed by atoms with Gasteiger partial charge in [-0.2, -0.15) is 0 Å². The van der Waals surface area contributed by atoms with Crippen LogP contribution in [0.4, 0.5) is 0 Å². The van der Waals surface area contributed by atoms with Gasteiger partial charge in [0.1, 0.15) is 0 Å². The smallest absolute Gasteiger partial charge is 0.0912 e. The first-order valence-corrected chi connectivity index (χ1v) is 6.03. The van der Waals surface area contributed by atoms with E-state index in [0.717, 1.165) is 36.0 Å². The summed E-state index contributed by atoms with van der Waals surface area (Å²) in [7, 11) is 0. The van der Waals surface area contributed by atoms with Crippen molar-refractivity contribution in [2.24, 2.45) is 5.92 Å². The third kappa shape index (κ3) is 2.28. The highest BCUT2D eigenvalue weighted by Crippen LogP contribution is 2.34. The van der Waals surface area contributed by atoms with E-state index in [1.807, 2.05) is 11.4 Å². The molecular formula is C10H13ClO2S. The summed E-state index contributed by atoms with van der Waals surface area (Å²) in [6.07, 6.45) is 1.52. The fourth-order valence-electron chi connectivity index (χ4n) is 1.75. The van der Waals surface area contributed by atoms with Crippen molar-refractivity contribution in [1.82, 2.24) is 0 Å². The van der Waals surface area contributed by atoms with Gasteiger partial charge in [0.05, 0.1) is 11.1 Å². The van der Waals surface area contributed by atoms with Gasteiger partial charge >= 0.3 is 0 Å². The maximum atomic E-state index is 10.1. The fraction of sp³-hybridized carbons (Fsp3) is 0.600. The zero-order valence-electron chi connectivity index (χ0n) is 7.78. The summed E-state index contributed by atoms with van der Waals surface area (Å²) in [5.41, 5.74) is 0. The van der Waals surface area contributed by atoms with Crippen LogP contribution in [0.3, 0.4) is 0 Å². The van der Waals surface area contributed by atoms with E-state index in [4.69, 9.17) is 16.3 Å². The third-order valence-electron chi connectivity index (χ3n) is 2.59. The minimum Gasteiger partial charge on any atom is -0.387 e. The van der Waals surface area contributed by atoms with Gasteiger partial charge in [-0.1, -0.05) is 11.6 Å². The number of hydrogen-bond donors (Lipinski definition) is 1. The molecule has 0 amide bonds. The molecule has 2 heterocycles. The van der Waals surface area contributed by atoms with Gasteiger partial charge < -0.3 is 9.84 Å². The lowest BCUT2D eigenvalue weighted by molar-refractivity contribution is 0.00854. The molecule has 0 spiro atoms. The second-order valence-corrected chi connectivity index (χ2v) is 4.94.